The number of aromatic amines is 1. The first-order valence-corrected chi connectivity index (χ1v) is 8.24. The Balaban J connectivity index is 0.00000169. The van der Waals surface area contributed by atoms with E-state index in [0.717, 1.165) is 17.9 Å². The minimum absolute atomic E-state index is 0. The van der Waals surface area contributed by atoms with Gasteiger partial charge in [0.1, 0.15) is 0 Å². The van der Waals surface area contributed by atoms with Gasteiger partial charge in [0.05, 0.1) is 17.8 Å². The molecule has 1 aromatic carbocycles. The summed E-state index contributed by atoms with van der Waals surface area (Å²) >= 11 is 0. The first-order chi connectivity index (χ1) is 11.1. The topological polar surface area (TPSA) is 44.8 Å². The molecule has 4 nitrogen and oxygen atoms in total. The van der Waals surface area contributed by atoms with Crippen LogP contribution < -0.4 is 4.90 Å². The van der Waals surface area contributed by atoms with Crippen LogP contribution in [0.2, 0.25) is 0 Å². The minimum Gasteiger partial charge on any atom is -0.355 e. The number of nitrogens with zero attached hydrogens (tertiary/aromatic N) is 3. The lowest BCUT2D eigenvalue weighted by atomic mass is 9.87. The van der Waals surface area contributed by atoms with E-state index in [-0.39, 0.29) is 12.4 Å². The number of aromatic nitrogens is 3. The highest BCUT2D eigenvalue weighted by Crippen LogP contribution is 2.39. The third kappa shape index (κ3) is 2.37. The molecule has 0 radical (unpaired) electrons. The van der Waals surface area contributed by atoms with Crippen molar-refractivity contribution >= 4 is 29.1 Å². The van der Waals surface area contributed by atoms with E-state index in [9.17, 15) is 0 Å². The third-order valence-corrected chi connectivity index (χ3v) is 5.30. The minimum atomic E-state index is 0. The molecule has 0 spiro atoms. The van der Waals surface area contributed by atoms with Gasteiger partial charge in [0, 0.05) is 17.6 Å². The van der Waals surface area contributed by atoms with Gasteiger partial charge in [-0.2, -0.15) is 5.10 Å². The van der Waals surface area contributed by atoms with Crippen LogP contribution in [0.5, 0.6) is 0 Å². The zero-order valence-electron chi connectivity index (χ0n) is 14.5. The Morgan fingerprint density at radius 3 is 2.58 bits per heavy atom. The Bertz CT molecular complexity index is 886. The SMILES string of the molecule is Cc1[nH]c2c(N3CC(C)c4ccccc4C3C)nncc2c1C.Cl. The van der Waals surface area contributed by atoms with Gasteiger partial charge in [0.25, 0.3) is 0 Å². The standard InChI is InChI=1S/C19H22N4.ClH/c1-11-10-23(14(4)16-8-6-5-7-15(11)16)19-18-17(9-20-22-19)12(2)13(3)21-18;/h5-9,11,14,21H,10H2,1-4H3;1H. The van der Waals surface area contributed by atoms with E-state index in [2.05, 4.69) is 72.0 Å². The van der Waals surface area contributed by atoms with Crippen molar-refractivity contribution in [1.29, 1.82) is 0 Å². The molecule has 5 heteroatoms. The molecule has 1 aliphatic rings. The van der Waals surface area contributed by atoms with E-state index in [1.54, 1.807) is 0 Å². The zero-order chi connectivity index (χ0) is 16.1. The second-order valence-corrected chi connectivity index (χ2v) is 6.69. The maximum absolute atomic E-state index is 4.49. The number of benzene rings is 1. The number of halogens is 1. The van der Waals surface area contributed by atoms with Crippen molar-refractivity contribution in [1.82, 2.24) is 15.2 Å². The molecule has 4 rings (SSSR count). The van der Waals surface area contributed by atoms with Gasteiger partial charge in [-0.25, -0.2) is 0 Å². The molecule has 1 aliphatic heterocycles. The molecular weight excluding hydrogens is 320 g/mol. The van der Waals surface area contributed by atoms with Gasteiger partial charge in [-0.15, -0.1) is 17.5 Å². The lowest BCUT2D eigenvalue weighted by molar-refractivity contribution is 0.561. The zero-order valence-corrected chi connectivity index (χ0v) is 15.3. The van der Waals surface area contributed by atoms with E-state index in [1.165, 1.54) is 27.8 Å². The van der Waals surface area contributed by atoms with Crippen molar-refractivity contribution in [3.8, 4) is 0 Å². The van der Waals surface area contributed by atoms with Crippen LogP contribution in [0.25, 0.3) is 10.9 Å². The number of anilines is 1. The molecule has 1 N–H and O–H groups in total. The fourth-order valence-electron chi connectivity index (χ4n) is 3.80. The lowest BCUT2D eigenvalue weighted by Crippen LogP contribution is -2.36. The van der Waals surface area contributed by atoms with E-state index in [1.807, 2.05) is 6.20 Å². The Morgan fingerprint density at radius 2 is 1.83 bits per heavy atom. The van der Waals surface area contributed by atoms with Crippen LogP contribution in [0, 0.1) is 13.8 Å². The summed E-state index contributed by atoms with van der Waals surface area (Å²) in [7, 11) is 0. The number of rotatable bonds is 1. The van der Waals surface area contributed by atoms with Gasteiger partial charge in [0.15, 0.2) is 5.82 Å². The third-order valence-electron chi connectivity index (χ3n) is 5.30. The molecule has 0 amide bonds. The molecule has 0 aliphatic carbocycles. The van der Waals surface area contributed by atoms with Gasteiger partial charge >= 0.3 is 0 Å². The monoisotopic (exact) mass is 342 g/mol. The summed E-state index contributed by atoms with van der Waals surface area (Å²) in [5.74, 6) is 1.45. The van der Waals surface area contributed by atoms with E-state index in [4.69, 9.17) is 0 Å². The molecule has 0 bridgehead atoms. The summed E-state index contributed by atoms with van der Waals surface area (Å²) in [6.45, 7) is 9.75. The molecular formula is C19H23ClN4. The Labute approximate surface area is 148 Å². The normalized spacial score (nSPS) is 19.9. The summed E-state index contributed by atoms with van der Waals surface area (Å²) in [6.07, 6.45) is 1.86. The van der Waals surface area contributed by atoms with Crippen molar-refractivity contribution < 1.29 is 0 Å². The largest absolute Gasteiger partial charge is 0.355 e. The van der Waals surface area contributed by atoms with Crippen LogP contribution in [-0.4, -0.2) is 21.7 Å². The second kappa shape index (κ2) is 6.10. The molecule has 3 heterocycles. The van der Waals surface area contributed by atoms with Crippen molar-refractivity contribution in [2.45, 2.75) is 39.7 Å². The number of nitrogens with one attached hydrogen (secondary N) is 1. The smallest absolute Gasteiger partial charge is 0.176 e. The van der Waals surface area contributed by atoms with E-state index >= 15 is 0 Å². The number of fused-ring (bicyclic) bond motifs is 2. The molecule has 2 aromatic heterocycles. The van der Waals surface area contributed by atoms with Crippen molar-refractivity contribution in [3.63, 3.8) is 0 Å². The summed E-state index contributed by atoms with van der Waals surface area (Å²) < 4.78 is 0. The molecule has 2 unspecified atom stereocenters. The van der Waals surface area contributed by atoms with Crippen molar-refractivity contribution in [3.05, 3.63) is 52.8 Å². The average molecular weight is 343 g/mol. The van der Waals surface area contributed by atoms with Gasteiger partial charge in [-0.05, 0) is 43.4 Å². The molecule has 0 fully saturated rings. The first-order valence-electron chi connectivity index (χ1n) is 8.24. The lowest BCUT2D eigenvalue weighted by Gasteiger charge is -2.39. The number of aryl methyl sites for hydroxylation is 2. The fraction of sp³-hybridized carbons (Fsp3) is 0.368. The van der Waals surface area contributed by atoms with Gasteiger partial charge < -0.3 is 9.88 Å². The van der Waals surface area contributed by atoms with Crippen LogP contribution in [0.3, 0.4) is 0 Å². The second-order valence-electron chi connectivity index (χ2n) is 6.69. The van der Waals surface area contributed by atoms with E-state index in [0.29, 0.717) is 12.0 Å². The van der Waals surface area contributed by atoms with E-state index < -0.39 is 0 Å². The highest BCUT2D eigenvalue weighted by atomic mass is 35.5. The number of hydrogen-bond donors (Lipinski definition) is 1. The first kappa shape index (κ1) is 16.8. The summed E-state index contributed by atoms with van der Waals surface area (Å²) in [5, 5.41) is 9.93. The highest BCUT2D eigenvalue weighted by Gasteiger charge is 2.30. The quantitative estimate of drug-likeness (QED) is 0.698. The van der Waals surface area contributed by atoms with Crippen LogP contribution >= 0.6 is 12.4 Å². The molecule has 24 heavy (non-hydrogen) atoms. The molecule has 0 saturated carbocycles. The van der Waals surface area contributed by atoms with Gasteiger partial charge in [-0.3, -0.25) is 0 Å². The fourth-order valence-corrected chi connectivity index (χ4v) is 3.80. The van der Waals surface area contributed by atoms with Crippen molar-refractivity contribution in [2.24, 2.45) is 0 Å². The Hall–Kier alpha value is -2.07. The molecule has 0 saturated heterocycles. The molecule has 126 valence electrons. The van der Waals surface area contributed by atoms with Crippen LogP contribution in [0.15, 0.2) is 30.5 Å². The summed E-state index contributed by atoms with van der Waals surface area (Å²) in [4.78, 5) is 5.89. The number of H-pyrrole nitrogens is 1. The predicted molar refractivity (Wildman–Crippen MR) is 101 cm³/mol. The van der Waals surface area contributed by atoms with Crippen LogP contribution in [-0.2, 0) is 0 Å². The summed E-state index contributed by atoms with van der Waals surface area (Å²) in [6, 6.07) is 9.05. The highest BCUT2D eigenvalue weighted by molar-refractivity contribution is 5.92. The molecule has 3 aromatic rings. The predicted octanol–water partition coefficient (Wildman–Crippen LogP) is 4.68. The summed E-state index contributed by atoms with van der Waals surface area (Å²) in [5.41, 5.74) is 6.40. The van der Waals surface area contributed by atoms with Crippen LogP contribution in [0.4, 0.5) is 5.82 Å². The van der Waals surface area contributed by atoms with Crippen molar-refractivity contribution in [2.75, 3.05) is 11.4 Å². The number of hydrogen-bond acceptors (Lipinski definition) is 3. The Morgan fingerprint density at radius 1 is 1.12 bits per heavy atom. The van der Waals surface area contributed by atoms with Gasteiger partial charge in [0.2, 0.25) is 0 Å². The maximum Gasteiger partial charge on any atom is 0.176 e. The maximum atomic E-state index is 4.49. The molecule has 2 atom stereocenters. The van der Waals surface area contributed by atoms with Gasteiger partial charge in [-0.1, -0.05) is 31.2 Å². The Kier molecular flexibility index (Phi) is 4.26. The average Bonchev–Trinajstić information content (AvgIpc) is 2.86. The van der Waals surface area contributed by atoms with Crippen LogP contribution in [0.1, 0.15) is 48.2 Å².